The Morgan fingerprint density at radius 1 is 1.11 bits per heavy atom. The van der Waals surface area contributed by atoms with Crippen LogP contribution in [0.1, 0.15) is 25.5 Å². The molecule has 3 aromatic rings. The van der Waals surface area contributed by atoms with Gasteiger partial charge in [0.25, 0.3) is 0 Å². The maximum Gasteiger partial charge on any atom is 0.237 e. The third-order valence-electron chi connectivity index (χ3n) is 4.08. The SMILES string of the molecule is C[C@@H](Sc1nncn1[C@@H](C)c1ccccc1)C(=O)Nc1ccc(F)c(F)c1. The summed E-state index contributed by atoms with van der Waals surface area (Å²) in [6, 6.07) is 13.1. The Morgan fingerprint density at radius 3 is 2.56 bits per heavy atom. The average molecular weight is 388 g/mol. The summed E-state index contributed by atoms with van der Waals surface area (Å²) in [6.07, 6.45) is 1.62. The number of benzene rings is 2. The Hall–Kier alpha value is -2.74. The molecule has 8 heteroatoms. The molecule has 0 aliphatic heterocycles. The highest BCUT2D eigenvalue weighted by Gasteiger charge is 2.20. The smallest absolute Gasteiger partial charge is 0.237 e. The molecule has 0 radical (unpaired) electrons. The summed E-state index contributed by atoms with van der Waals surface area (Å²) >= 11 is 1.24. The summed E-state index contributed by atoms with van der Waals surface area (Å²) in [5, 5.41) is 10.7. The minimum atomic E-state index is -1.01. The van der Waals surface area contributed by atoms with Crippen molar-refractivity contribution < 1.29 is 13.6 Å². The van der Waals surface area contributed by atoms with E-state index >= 15 is 0 Å². The molecule has 0 spiro atoms. The van der Waals surface area contributed by atoms with Crippen LogP contribution in [-0.2, 0) is 4.79 Å². The van der Waals surface area contributed by atoms with Crippen LogP contribution in [0, 0.1) is 11.6 Å². The van der Waals surface area contributed by atoms with Gasteiger partial charge >= 0.3 is 0 Å². The molecule has 2 atom stereocenters. The van der Waals surface area contributed by atoms with Gasteiger partial charge in [-0.1, -0.05) is 42.1 Å². The van der Waals surface area contributed by atoms with Crippen LogP contribution in [0.15, 0.2) is 60.0 Å². The molecule has 140 valence electrons. The Balaban J connectivity index is 1.69. The molecular formula is C19H18F2N4OS. The molecule has 0 aliphatic rings. The van der Waals surface area contributed by atoms with Crippen LogP contribution in [0.3, 0.4) is 0 Å². The van der Waals surface area contributed by atoms with E-state index in [1.54, 1.807) is 13.3 Å². The number of carbonyl (C=O) groups is 1. The lowest BCUT2D eigenvalue weighted by Gasteiger charge is -2.17. The molecule has 1 N–H and O–H groups in total. The van der Waals surface area contributed by atoms with Crippen LogP contribution < -0.4 is 5.32 Å². The van der Waals surface area contributed by atoms with Crippen molar-refractivity contribution in [2.75, 3.05) is 5.32 Å². The highest BCUT2D eigenvalue weighted by atomic mass is 32.2. The minimum absolute atomic E-state index is 0.00477. The first kappa shape index (κ1) is 19.0. The summed E-state index contributed by atoms with van der Waals surface area (Å²) in [7, 11) is 0. The van der Waals surface area contributed by atoms with Gasteiger partial charge in [0.15, 0.2) is 16.8 Å². The Morgan fingerprint density at radius 2 is 1.85 bits per heavy atom. The molecule has 2 aromatic carbocycles. The predicted molar refractivity (Wildman–Crippen MR) is 101 cm³/mol. The maximum atomic E-state index is 13.3. The quantitative estimate of drug-likeness (QED) is 0.640. The Kier molecular flexibility index (Phi) is 5.85. The second-order valence-corrected chi connectivity index (χ2v) is 7.29. The summed E-state index contributed by atoms with van der Waals surface area (Å²) in [5.74, 6) is -2.31. The lowest BCUT2D eigenvalue weighted by molar-refractivity contribution is -0.115. The zero-order chi connectivity index (χ0) is 19.4. The van der Waals surface area contributed by atoms with Crippen molar-refractivity contribution in [3.63, 3.8) is 0 Å². The molecule has 27 heavy (non-hydrogen) atoms. The van der Waals surface area contributed by atoms with Crippen molar-refractivity contribution in [3.05, 3.63) is 72.1 Å². The van der Waals surface area contributed by atoms with Crippen molar-refractivity contribution in [1.82, 2.24) is 14.8 Å². The summed E-state index contributed by atoms with van der Waals surface area (Å²) in [4.78, 5) is 12.4. The van der Waals surface area contributed by atoms with Crippen LogP contribution in [0.25, 0.3) is 0 Å². The average Bonchev–Trinajstić information content (AvgIpc) is 3.12. The highest BCUT2D eigenvalue weighted by Crippen LogP contribution is 2.27. The molecule has 3 rings (SSSR count). The van der Waals surface area contributed by atoms with E-state index in [4.69, 9.17) is 0 Å². The fraction of sp³-hybridized carbons (Fsp3) is 0.211. The van der Waals surface area contributed by atoms with Crippen LogP contribution in [0.5, 0.6) is 0 Å². The van der Waals surface area contributed by atoms with Crippen molar-refractivity contribution in [3.8, 4) is 0 Å². The number of nitrogens with one attached hydrogen (secondary N) is 1. The number of thioether (sulfide) groups is 1. The number of hydrogen-bond donors (Lipinski definition) is 1. The van der Waals surface area contributed by atoms with E-state index in [1.165, 1.54) is 17.8 Å². The first-order valence-electron chi connectivity index (χ1n) is 8.32. The van der Waals surface area contributed by atoms with Gasteiger partial charge in [-0.15, -0.1) is 10.2 Å². The number of aromatic nitrogens is 3. The zero-order valence-corrected chi connectivity index (χ0v) is 15.6. The third kappa shape index (κ3) is 4.51. The summed E-state index contributed by atoms with van der Waals surface area (Å²) in [5.41, 5.74) is 1.29. The van der Waals surface area contributed by atoms with E-state index in [9.17, 15) is 13.6 Å². The summed E-state index contributed by atoms with van der Waals surface area (Å²) < 4.78 is 28.2. The lowest BCUT2D eigenvalue weighted by atomic mass is 10.1. The van der Waals surface area contributed by atoms with E-state index < -0.39 is 16.9 Å². The number of hydrogen-bond acceptors (Lipinski definition) is 4. The van der Waals surface area contributed by atoms with Gasteiger partial charge in [-0.25, -0.2) is 8.78 Å². The molecule has 0 bridgehead atoms. The number of rotatable bonds is 6. The second kappa shape index (κ2) is 8.30. The van der Waals surface area contributed by atoms with Crippen molar-refractivity contribution >= 4 is 23.4 Å². The number of halogens is 2. The number of nitrogens with zero attached hydrogens (tertiary/aromatic N) is 3. The topological polar surface area (TPSA) is 59.8 Å². The van der Waals surface area contributed by atoms with Crippen LogP contribution in [0.2, 0.25) is 0 Å². The van der Waals surface area contributed by atoms with Crippen molar-refractivity contribution in [2.24, 2.45) is 0 Å². The van der Waals surface area contributed by atoms with E-state index in [-0.39, 0.29) is 17.6 Å². The van der Waals surface area contributed by atoms with Gasteiger partial charge in [0.1, 0.15) is 6.33 Å². The van der Waals surface area contributed by atoms with Crippen LogP contribution >= 0.6 is 11.8 Å². The highest BCUT2D eigenvalue weighted by molar-refractivity contribution is 8.00. The van der Waals surface area contributed by atoms with E-state index in [0.29, 0.717) is 5.16 Å². The predicted octanol–water partition coefficient (Wildman–Crippen LogP) is 4.28. The molecule has 1 aromatic heterocycles. The third-order valence-corrected chi connectivity index (χ3v) is 5.15. The first-order valence-corrected chi connectivity index (χ1v) is 9.20. The van der Waals surface area contributed by atoms with Gasteiger partial charge in [0, 0.05) is 11.8 Å². The largest absolute Gasteiger partial charge is 0.325 e. The lowest BCUT2D eigenvalue weighted by Crippen LogP contribution is -2.23. The molecule has 0 fully saturated rings. The van der Waals surface area contributed by atoms with Crippen LogP contribution in [0.4, 0.5) is 14.5 Å². The standard InChI is InChI=1S/C19H18F2N4OS/c1-12(14-6-4-3-5-7-14)25-11-22-24-19(25)27-13(2)18(26)23-15-8-9-16(20)17(21)10-15/h3-13H,1-2H3,(H,23,26)/t12-,13+/m0/s1. The molecule has 0 aliphatic carbocycles. The molecule has 0 saturated heterocycles. The van der Waals surface area contributed by atoms with Gasteiger partial charge in [-0.2, -0.15) is 0 Å². The van der Waals surface area contributed by atoms with Gasteiger partial charge in [-0.05, 0) is 31.5 Å². The molecular weight excluding hydrogens is 370 g/mol. The Labute approximate surface area is 159 Å². The van der Waals surface area contributed by atoms with E-state index in [2.05, 4.69) is 15.5 Å². The van der Waals surface area contributed by atoms with E-state index in [1.807, 2.05) is 41.8 Å². The molecule has 0 unspecified atom stereocenters. The number of anilines is 1. The number of amides is 1. The first-order chi connectivity index (χ1) is 13.0. The van der Waals surface area contributed by atoms with Gasteiger partial charge < -0.3 is 9.88 Å². The molecule has 0 saturated carbocycles. The van der Waals surface area contributed by atoms with Crippen molar-refractivity contribution in [2.45, 2.75) is 30.3 Å². The van der Waals surface area contributed by atoms with Gasteiger partial charge in [-0.3, -0.25) is 4.79 Å². The van der Waals surface area contributed by atoms with Gasteiger partial charge in [0.05, 0.1) is 11.3 Å². The van der Waals surface area contributed by atoms with Crippen LogP contribution in [-0.4, -0.2) is 25.9 Å². The fourth-order valence-electron chi connectivity index (χ4n) is 2.50. The number of carbonyl (C=O) groups excluding carboxylic acids is 1. The second-order valence-electron chi connectivity index (χ2n) is 5.99. The minimum Gasteiger partial charge on any atom is -0.325 e. The maximum absolute atomic E-state index is 13.3. The van der Waals surface area contributed by atoms with Gasteiger partial charge in [0.2, 0.25) is 5.91 Å². The normalized spacial score (nSPS) is 13.2. The fourth-order valence-corrected chi connectivity index (χ4v) is 3.41. The zero-order valence-electron chi connectivity index (χ0n) is 14.8. The molecule has 1 heterocycles. The van der Waals surface area contributed by atoms with Crippen molar-refractivity contribution in [1.29, 1.82) is 0 Å². The molecule has 1 amide bonds. The summed E-state index contributed by atoms with van der Waals surface area (Å²) in [6.45, 7) is 3.74. The molecule has 5 nitrogen and oxygen atoms in total. The van der Waals surface area contributed by atoms with E-state index in [0.717, 1.165) is 17.7 Å². The Bertz CT molecular complexity index is 932. The monoisotopic (exact) mass is 388 g/mol.